The lowest BCUT2D eigenvalue weighted by atomic mass is 9.82. The summed E-state index contributed by atoms with van der Waals surface area (Å²) >= 11 is 4.84. The third kappa shape index (κ3) is 2.18. The SMILES string of the molecule is CC1(N(C=O)C(N)=S)CCCCC1. The Labute approximate surface area is 84.3 Å². The first-order chi connectivity index (χ1) is 6.10. The standard InChI is InChI=1S/C9H16N2OS/c1-9(5-3-2-4-6-9)11(7-12)8(10)13/h7H,2-6H2,1H3,(H2,10,13). The second-order valence-electron chi connectivity index (χ2n) is 3.87. The van der Waals surface area contributed by atoms with Gasteiger partial charge in [-0.25, -0.2) is 0 Å². The van der Waals surface area contributed by atoms with Crippen molar-refractivity contribution in [3.05, 3.63) is 0 Å². The van der Waals surface area contributed by atoms with Crippen LogP contribution < -0.4 is 5.73 Å². The molecule has 13 heavy (non-hydrogen) atoms. The molecular formula is C9H16N2OS. The lowest BCUT2D eigenvalue weighted by Gasteiger charge is -2.40. The van der Waals surface area contributed by atoms with Gasteiger partial charge < -0.3 is 5.73 Å². The fraction of sp³-hybridized carbons (Fsp3) is 0.778. The number of carbonyl (C=O) groups excluding carboxylic acids is 1. The number of rotatable bonds is 2. The van der Waals surface area contributed by atoms with E-state index in [1.807, 2.05) is 0 Å². The molecule has 1 fully saturated rings. The van der Waals surface area contributed by atoms with E-state index in [1.54, 1.807) is 0 Å². The lowest BCUT2D eigenvalue weighted by molar-refractivity contribution is -0.119. The number of thiocarbonyl (C=S) groups is 1. The molecule has 0 atom stereocenters. The highest BCUT2D eigenvalue weighted by Crippen LogP contribution is 2.32. The molecule has 0 bridgehead atoms. The molecule has 0 saturated heterocycles. The summed E-state index contributed by atoms with van der Waals surface area (Å²) in [6.45, 7) is 2.06. The molecule has 0 aromatic rings. The number of hydrogen-bond acceptors (Lipinski definition) is 2. The van der Waals surface area contributed by atoms with Gasteiger partial charge in [0, 0.05) is 5.54 Å². The normalized spacial score (nSPS) is 20.7. The topological polar surface area (TPSA) is 46.3 Å². The third-order valence-corrected chi connectivity index (χ3v) is 3.05. The second-order valence-corrected chi connectivity index (χ2v) is 4.29. The Balaban J connectivity index is 2.74. The molecule has 2 N–H and O–H groups in total. The Morgan fingerprint density at radius 2 is 2.00 bits per heavy atom. The number of nitrogens with zero attached hydrogens (tertiary/aromatic N) is 1. The fourth-order valence-electron chi connectivity index (χ4n) is 2.00. The smallest absolute Gasteiger partial charge is 0.216 e. The van der Waals surface area contributed by atoms with Gasteiger partial charge >= 0.3 is 0 Å². The van der Waals surface area contributed by atoms with Gasteiger partial charge in [0.1, 0.15) is 0 Å². The van der Waals surface area contributed by atoms with Crippen LogP contribution in [0.3, 0.4) is 0 Å². The van der Waals surface area contributed by atoms with Crippen molar-refractivity contribution in [2.75, 3.05) is 0 Å². The summed E-state index contributed by atoms with van der Waals surface area (Å²) in [4.78, 5) is 12.3. The Morgan fingerprint density at radius 1 is 1.46 bits per heavy atom. The average molecular weight is 200 g/mol. The van der Waals surface area contributed by atoms with Gasteiger partial charge in [-0.15, -0.1) is 0 Å². The summed E-state index contributed by atoms with van der Waals surface area (Å²) in [5.74, 6) is 0. The Morgan fingerprint density at radius 3 is 2.38 bits per heavy atom. The molecule has 74 valence electrons. The summed E-state index contributed by atoms with van der Waals surface area (Å²) in [5, 5.41) is 0.194. The van der Waals surface area contributed by atoms with Crippen molar-refractivity contribution < 1.29 is 4.79 Å². The van der Waals surface area contributed by atoms with E-state index < -0.39 is 0 Å². The highest BCUT2D eigenvalue weighted by Gasteiger charge is 2.33. The van der Waals surface area contributed by atoms with Gasteiger partial charge in [0.25, 0.3) is 0 Å². The molecule has 4 heteroatoms. The molecule has 0 aromatic carbocycles. The van der Waals surface area contributed by atoms with Crippen molar-refractivity contribution >= 4 is 23.7 Å². The monoisotopic (exact) mass is 200 g/mol. The summed E-state index contributed by atoms with van der Waals surface area (Å²) in [6.07, 6.45) is 6.33. The minimum atomic E-state index is -0.133. The predicted octanol–water partition coefficient (Wildman–Crippen LogP) is 1.41. The van der Waals surface area contributed by atoms with E-state index in [1.165, 1.54) is 11.3 Å². The summed E-state index contributed by atoms with van der Waals surface area (Å²) in [6, 6.07) is 0. The van der Waals surface area contributed by atoms with E-state index in [4.69, 9.17) is 18.0 Å². The Kier molecular flexibility index (Phi) is 3.25. The van der Waals surface area contributed by atoms with Crippen molar-refractivity contribution in [2.45, 2.75) is 44.6 Å². The first kappa shape index (κ1) is 10.4. The van der Waals surface area contributed by atoms with E-state index in [9.17, 15) is 4.79 Å². The quantitative estimate of drug-likeness (QED) is 0.541. The zero-order valence-electron chi connectivity index (χ0n) is 7.95. The van der Waals surface area contributed by atoms with E-state index in [-0.39, 0.29) is 10.7 Å². The van der Waals surface area contributed by atoms with Crippen LogP contribution in [0.2, 0.25) is 0 Å². The maximum Gasteiger partial charge on any atom is 0.216 e. The molecule has 1 aliphatic rings. The second kappa shape index (κ2) is 4.05. The van der Waals surface area contributed by atoms with Gasteiger partial charge in [-0.2, -0.15) is 0 Å². The molecule has 0 heterocycles. The largest absolute Gasteiger partial charge is 0.376 e. The van der Waals surface area contributed by atoms with Crippen LogP contribution >= 0.6 is 12.2 Å². The maximum atomic E-state index is 10.8. The van der Waals surface area contributed by atoms with E-state index in [0.717, 1.165) is 32.1 Å². The summed E-state index contributed by atoms with van der Waals surface area (Å²) in [7, 11) is 0. The van der Waals surface area contributed by atoms with Crippen LogP contribution in [0.5, 0.6) is 0 Å². The maximum absolute atomic E-state index is 10.8. The highest BCUT2D eigenvalue weighted by molar-refractivity contribution is 7.80. The zero-order chi connectivity index (χ0) is 9.90. The first-order valence-electron chi connectivity index (χ1n) is 4.64. The minimum Gasteiger partial charge on any atom is -0.376 e. The van der Waals surface area contributed by atoms with Crippen molar-refractivity contribution in [3.63, 3.8) is 0 Å². The Hall–Kier alpha value is -0.640. The molecule has 0 spiro atoms. The van der Waals surface area contributed by atoms with E-state index in [2.05, 4.69) is 6.92 Å². The first-order valence-corrected chi connectivity index (χ1v) is 5.05. The summed E-state index contributed by atoms with van der Waals surface area (Å²) in [5.41, 5.74) is 5.36. The molecule has 0 aliphatic heterocycles. The van der Waals surface area contributed by atoms with Crippen molar-refractivity contribution in [2.24, 2.45) is 5.73 Å². The molecule has 3 nitrogen and oxygen atoms in total. The highest BCUT2D eigenvalue weighted by atomic mass is 32.1. The van der Waals surface area contributed by atoms with Crippen molar-refractivity contribution in [1.82, 2.24) is 4.90 Å². The van der Waals surface area contributed by atoms with Crippen molar-refractivity contribution in [1.29, 1.82) is 0 Å². The number of amides is 1. The van der Waals surface area contributed by atoms with Gasteiger partial charge in [0.05, 0.1) is 0 Å². The molecular weight excluding hydrogens is 184 g/mol. The van der Waals surface area contributed by atoms with Crippen LogP contribution in [0, 0.1) is 0 Å². The van der Waals surface area contributed by atoms with Gasteiger partial charge in [0.15, 0.2) is 5.11 Å². The van der Waals surface area contributed by atoms with Crippen LogP contribution in [0.1, 0.15) is 39.0 Å². The van der Waals surface area contributed by atoms with Gasteiger partial charge in [-0.3, -0.25) is 9.69 Å². The number of nitrogens with two attached hydrogens (primary N) is 1. The van der Waals surface area contributed by atoms with Crippen LogP contribution in [0.4, 0.5) is 0 Å². The third-order valence-electron chi connectivity index (χ3n) is 2.86. The number of carbonyl (C=O) groups is 1. The molecule has 1 amide bonds. The van der Waals surface area contributed by atoms with Gasteiger partial charge in [-0.05, 0) is 32.0 Å². The van der Waals surface area contributed by atoms with Crippen LogP contribution in [-0.2, 0) is 4.79 Å². The molecule has 0 radical (unpaired) electrons. The zero-order valence-corrected chi connectivity index (χ0v) is 8.77. The van der Waals surface area contributed by atoms with E-state index >= 15 is 0 Å². The molecule has 0 aromatic heterocycles. The lowest BCUT2D eigenvalue weighted by Crippen LogP contribution is -2.52. The van der Waals surface area contributed by atoms with E-state index in [0.29, 0.717) is 0 Å². The van der Waals surface area contributed by atoms with Gasteiger partial charge in [0.2, 0.25) is 6.41 Å². The Bertz CT molecular complexity index is 212. The molecule has 1 saturated carbocycles. The summed E-state index contributed by atoms with van der Waals surface area (Å²) < 4.78 is 0. The number of hydrogen-bond donors (Lipinski definition) is 1. The fourth-order valence-corrected chi connectivity index (χ4v) is 2.26. The van der Waals surface area contributed by atoms with Crippen molar-refractivity contribution in [3.8, 4) is 0 Å². The molecule has 1 rings (SSSR count). The predicted molar refractivity (Wildman–Crippen MR) is 56.2 cm³/mol. The van der Waals surface area contributed by atoms with Crippen LogP contribution in [0.15, 0.2) is 0 Å². The minimum absolute atomic E-state index is 0.133. The molecule has 1 aliphatic carbocycles. The van der Waals surface area contributed by atoms with Crippen LogP contribution in [0.25, 0.3) is 0 Å². The average Bonchev–Trinajstić information content (AvgIpc) is 2.05. The van der Waals surface area contributed by atoms with Crippen LogP contribution in [-0.4, -0.2) is 22.0 Å². The van der Waals surface area contributed by atoms with Gasteiger partial charge in [-0.1, -0.05) is 19.3 Å². The molecule has 0 unspecified atom stereocenters.